The molecule has 2 N–H and O–H groups in total. The predicted octanol–water partition coefficient (Wildman–Crippen LogP) is 5.42. The Morgan fingerprint density at radius 2 is 2.03 bits per heavy atom. The predicted molar refractivity (Wildman–Crippen MR) is 144 cm³/mol. The van der Waals surface area contributed by atoms with Crippen LogP contribution < -0.4 is 10.2 Å². The van der Waals surface area contributed by atoms with Gasteiger partial charge in [0.05, 0.1) is 11.6 Å². The van der Waals surface area contributed by atoms with Crippen LogP contribution in [0.25, 0.3) is 10.9 Å². The van der Waals surface area contributed by atoms with Crippen LogP contribution in [0.4, 0.5) is 5.69 Å². The van der Waals surface area contributed by atoms with E-state index in [1.807, 2.05) is 19.3 Å². The molecule has 0 aliphatic carbocycles. The quantitative estimate of drug-likeness (QED) is 0.391. The van der Waals surface area contributed by atoms with E-state index >= 15 is 0 Å². The minimum Gasteiger partial charge on any atom is -0.464 e. The number of aromatic nitrogens is 1. The Bertz CT molecular complexity index is 1130. The summed E-state index contributed by atoms with van der Waals surface area (Å²) in [6, 6.07) is 3.67. The van der Waals surface area contributed by atoms with Crippen LogP contribution in [0.2, 0.25) is 0 Å². The zero-order chi connectivity index (χ0) is 25.9. The summed E-state index contributed by atoms with van der Waals surface area (Å²) in [5.74, 6) is -0.313. The molecule has 0 spiro atoms. The van der Waals surface area contributed by atoms with E-state index in [4.69, 9.17) is 4.74 Å². The van der Waals surface area contributed by atoms with Crippen molar-refractivity contribution >= 4 is 28.5 Å². The Kier molecular flexibility index (Phi) is 8.14. The van der Waals surface area contributed by atoms with Gasteiger partial charge in [-0.05, 0) is 56.2 Å². The molecule has 0 unspecified atom stereocenters. The fraction of sp³-hybridized carbons (Fsp3) is 0.517. The number of allylic oxidation sites excluding steroid dienone is 3. The van der Waals surface area contributed by atoms with Gasteiger partial charge in [-0.1, -0.05) is 44.6 Å². The number of benzene rings is 1. The van der Waals surface area contributed by atoms with Gasteiger partial charge in [-0.25, -0.2) is 0 Å². The standard InChI is InChI=1S/C29H41N3O3/c1-9-29(7,14-10-11-18(2)3)23-12-13-24-25-21(16-30-26(23)25)15-22(17-35-20(6)33)31-28(34)27(19(4)5)32(24)8/h9,11-13,16,19,22,27,30H,1,10,14-15,17H2,2-8H3,(H,31,34)/t22-,27-,29+/m0/s1. The zero-order valence-electron chi connectivity index (χ0n) is 22.3. The first-order chi connectivity index (χ1) is 16.5. The molecular formula is C29H41N3O3. The first-order valence-corrected chi connectivity index (χ1v) is 12.6. The van der Waals surface area contributed by atoms with Gasteiger partial charge in [0, 0.05) is 36.7 Å². The van der Waals surface area contributed by atoms with Crippen LogP contribution in [0.3, 0.4) is 0 Å². The number of ether oxygens (including phenoxy) is 1. The summed E-state index contributed by atoms with van der Waals surface area (Å²) in [5.41, 5.74) is 5.50. The molecule has 1 aliphatic heterocycles. The molecule has 0 saturated heterocycles. The van der Waals surface area contributed by atoms with Gasteiger partial charge < -0.3 is 19.9 Å². The van der Waals surface area contributed by atoms with Gasteiger partial charge in [0.25, 0.3) is 0 Å². The lowest BCUT2D eigenvalue weighted by Crippen LogP contribution is -2.52. The van der Waals surface area contributed by atoms with Crippen LogP contribution >= 0.6 is 0 Å². The summed E-state index contributed by atoms with van der Waals surface area (Å²) >= 11 is 0. The normalized spacial score (nSPS) is 19.9. The molecule has 1 amide bonds. The average Bonchev–Trinajstić information content (AvgIpc) is 3.20. The molecule has 190 valence electrons. The van der Waals surface area contributed by atoms with Crippen molar-refractivity contribution < 1.29 is 14.3 Å². The maximum atomic E-state index is 13.3. The maximum absolute atomic E-state index is 13.3. The van der Waals surface area contributed by atoms with E-state index < -0.39 is 0 Å². The number of anilines is 1. The number of aromatic amines is 1. The number of hydrogen-bond acceptors (Lipinski definition) is 4. The molecule has 35 heavy (non-hydrogen) atoms. The summed E-state index contributed by atoms with van der Waals surface area (Å²) in [5, 5.41) is 4.26. The fourth-order valence-corrected chi connectivity index (χ4v) is 5.23. The van der Waals surface area contributed by atoms with E-state index in [0.717, 1.165) is 35.0 Å². The lowest BCUT2D eigenvalue weighted by Gasteiger charge is -2.34. The monoisotopic (exact) mass is 479 g/mol. The number of likely N-dealkylation sites (N-methyl/N-ethyl adjacent to an activating group) is 1. The Morgan fingerprint density at radius 3 is 2.63 bits per heavy atom. The van der Waals surface area contributed by atoms with E-state index in [-0.39, 0.29) is 41.9 Å². The van der Waals surface area contributed by atoms with Gasteiger partial charge in [0.2, 0.25) is 5.91 Å². The van der Waals surface area contributed by atoms with E-state index in [1.54, 1.807) is 0 Å². The molecule has 6 nitrogen and oxygen atoms in total. The van der Waals surface area contributed by atoms with E-state index in [1.165, 1.54) is 18.1 Å². The van der Waals surface area contributed by atoms with Crippen molar-refractivity contribution in [3.05, 3.63) is 53.8 Å². The van der Waals surface area contributed by atoms with Crippen LogP contribution in [-0.2, 0) is 26.2 Å². The fourth-order valence-electron chi connectivity index (χ4n) is 5.23. The van der Waals surface area contributed by atoms with Crippen molar-refractivity contribution in [2.45, 2.75) is 78.3 Å². The molecule has 2 heterocycles. The average molecular weight is 480 g/mol. The number of amides is 1. The maximum Gasteiger partial charge on any atom is 0.302 e. The molecule has 3 atom stereocenters. The van der Waals surface area contributed by atoms with E-state index in [2.05, 4.69) is 74.6 Å². The Morgan fingerprint density at radius 1 is 1.31 bits per heavy atom. The van der Waals surface area contributed by atoms with Crippen molar-refractivity contribution in [1.29, 1.82) is 0 Å². The molecule has 1 aromatic carbocycles. The third-order valence-electron chi connectivity index (χ3n) is 7.18. The highest BCUT2D eigenvalue weighted by atomic mass is 16.5. The minimum absolute atomic E-state index is 0.0522. The molecule has 0 fully saturated rings. The number of nitrogens with one attached hydrogen (secondary N) is 2. The van der Waals surface area contributed by atoms with Crippen molar-refractivity contribution in [3.63, 3.8) is 0 Å². The van der Waals surface area contributed by atoms with Gasteiger partial charge in [-0.2, -0.15) is 0 Å². The second kappa shape index (κ2) is 10.7. The van der Waals surface area contributed by atoms with Gasteiger partial charge >= 0.3 is 5.97 Å². The van der Waals surface area contributed by atoms with Crippen LogP contribution in [0, 0.1) is 5.92 Å². The van der Waals surface area contributed by atoms with Crippen LogP contribution in [0.15, 0.2) is 42.6 Å². The molecule has 0 saturated carbocycles. The number of esters is 1. The number of rotatable bonds is 8. The van der Waals surface area contributed by atoms with Gasteiger partial charge in [-0.15, -0.1) is 6.58 Å². The third kappa shape index (κ3) is 5.63. The Labute approximate surface area is 209 Å². The van der Waals surface area contributed by atoms with Gasteiger partial charge in [-0.3, -0.25) is 9.59 Å². The lowest BCUT2D eigenvalue weighted by atomic mass is 9.77. The Balaban J connectivity index is 2.17. The molecule has 0 radical (unpaired) electrons. The number of nitrogens with zero attached hydrogens (tertiary/aromatic N) is 1. The zero-order valence-corrected chi connectivity index (χ0v) is 22.3. The topological polar surface area (TPSA) is 74.4 Å². The van der Waals surface area contributed by atoms with Crippen LogP contribution in [-0.4, -0.2) is 42.6 Å². The highest BCUT2D eigenvalue weighted by Crippen LogP contribution is 2.41. The minimum atomic E-state index is -0.354. The largest absolute Gasteiger partial charge is 0.464 e. The summed E-state index contributed by atoms with van der Waals surface area (Å²) in [6.07, 6.45) is 8.84. The number of H-pyrrole nitrogens is 1. The summed E-state index contributed by atoms with van der Waals surface area (Å²) in [7, 11) is 1.99. The van der Waals surface area contributed by atoms with Crippen LogP contribution in [0.1, 0.15) is 65.5 Å². The summed E-state index contributed by atoms with van der Waals surface area (Å²) in [6.45, 7) is 16.3. The van der Waals surface area contributed by atoms with Crippen molar-refractivity contribution in [2.75, 3.05) is 18.6 Å². The number of carbonyl (C=O) groups is 2. The first kappa shape index (κ1) is 26.6. The van der Waals surface area contributed by atoms with Gasteiger partial charge in [0.15, 0.2) is 0 Å². The van der Waals surface area contributed by atoms with Crippen molar-refractivity contribution in [3.8, 4) is 0 Å². The molecule has 0 bridgehead atoms. The van der Waals surface area contributed by atoms with E-state index in [0.29, 0.717) is 6.42 Å². The molecule has 1 aromatic heterocycles. The van der Waals surface area contributed by atoms with Crippen molar-refractivity contribution in [2.24, 2.45) is 5.92 Å². The molecule has 3 rings (SSSR count). The lowest BCUT2D eigenvalue weighted by molar-refractivity contribution is -0.142. The second-order valence-electron chi connectivity index (χ2n) is 10.6. The molecule has 6 heteroatoms. The number of hydrogen-bond donors (Lipinski definition) is 2. The molecule has 2 aromatic rings. The number of carbonyl (C=O) groups excluding carboxylic acids is 2. The van der Waals surface area contributed by atoms with Crippen molar-refractivity contribution in [1.82, 2.24) is 10.3 Å². The SMILES string of the molecule is C=C[C@](C)(CCC=C(C)C)c1ccc2c3c(c[nH]c13)C[C@@H](COC(C)=O)NC(=O)[C@H](C(C)C)N2C. The highest BCUT2D eigenvalue weighted by molar-refractivity contribution is 6.00. The second-order valence-corrected chi connectivity index (χ2v) is 10.6. The summed E-state index contributed by atoms with van der Waals surface area (Å²) in [4.78, 5) is 30.5. The molecule has 1 aliphatic rings. The summed E-state index contributed by atoms with van der Waals surface area (Å²) < 4.78 is 5.31. The third-order valence-corrected chi connectivity index (χ3v) is 7.18. The first-order valence-electron chi connectivity index (χ1n) is 12.6. The smallest absolute Gasteiger partial charge is 0.302 e. The Hall–Kier alpha value is -3.02. The van der Waals surface area contributed by atoms with E-state index in [9.17, 15) is 9.59 Å². The van der Waals surface area contributed by atoms with Crippen LogP contribution in [0.5, 0.6) is 0 Å². The molecular weight excluding hydrogens is 438 g/mol. The highest BCUT2D eigenvalue weighted by Gasteiger charge is 2.34. The van der Waals surface area contributed by atoms with Gasteiger partial charge in [0.1, 0.15) is 12.6 Å².